The minimum absolute atomic E-state index is 0. The van der Waals surface area contributed by atoms with Gasteiger partial charge >= 0.3 is 0 Å². The van der Waals surface area contributed by atoms with Crippen LogP contribution >= 0.6 is 12.4 Å². The van der Waals surface area contributed by atoms with Gasteiger partial charge in [0.2, 0.25) is 5.91 Å². The number of halogens is 1. The summed E-state index contributed by atoms with van der Waals surface area (Å²) in [6.45, 7) is 10.2. The minimum atomic E-state index is -0.223. The molecule has 0 saturated carbocycles. The van der Waals surface area contributed by atoms with E-state index in [1.165, 1.54) is 0 Å². The van der Waals surface area contributed by atoms with Gasteiger partial charge in [0.05, 0.1) is 13.2 Å². The summed E-state index contributed by atoms with van der Waals surface area (Å²) < 4.78 is 5.25. The van der Waals surface area contributed by atoms with Crippen molar-refractivity contribution in [3.63, 3.8) is 0 Å². The van der Waals surface area contributed by atoms with Crippen molar-refractivity contribution in [2.45, 2.75) is 6.04 Å². The second kappa shape index (κ2) is 8.33. The average molecular weight is 247 g/mol. The number of ether oxygens (including phenoxy) is 1. The van der Waals surface area contributed by atoms with Crippen molar-refractivity contribution in [2.24, 2.45) is 0 Å². The highest BCUT2D eigenvalue weighted by Crippen LogP contribution is 2.00. The highest BCUT2D eigenvalue weighted by Gasteiger charge is 2.24. The Morgan fingerprint density at radius 3 is 2.50 bits per heavy atom. The van der Waals surface area contributed by atoms with Gasteiger partial charge < -0.3 is 15.0 Å². The van der Waals surface area contributed by atoms with Crippen LogP contribution in [-0.2, 0) is 9.53 Å². The maximum atomic E-state index is 12.0. The molecule has 1 saturated heterocycles. The first-order chi connectivity index (χ1) is 7.29. The Bertz CT molecular complexity index is 230. The zero-order chi connectivity index (χ0) is 11.1. The van der Waals surface area contributed by atoms with E-state index in [1.807, 2.05) is 0 Å². The molecule has 1 amide bonds. The summed E-state index contributed by atoms with van der Waals surface area (Å²) in [6.07, 6.45) is 3.43. The quantitative estimate of drug-likeness (QED) is 0.723. The third-order valence-electron chi connectivity index (χ3n) is 2.23. The smallest absolute Gasteiger partial charge is 0.242 e. The molecule has 0 aromatic rings. The van der Waals surface area contributed by atoms with Gasteiger partial charge in [-0.3, -0.25) is 4.79 Å². The Morgan fingerprint density at radius 1 is 1.44 bits per heavy atom. The first-order valence-electron chi connectivity index (χ1n) is 5.11. The van der Waals surface area contributed by atoms with E-state index in [2.05, 4.69) is 18.5 Å². The molecule has 1 N–H and O–H groups in total. The van der Waals surface area contributed by atoms with E-state index >= 15 is 0 Å². The third-order valence-corrected chi connectivity index (χ3v) is 2.23. The molecule has 1 aliphatic heterocycles. The van der Waals surface area contributed by atoms with Crippen LogP contribution in [0.2, 0.25) is 0 Å². The lowest BCUT2D eigenvalue weighted by atomic mass is 10.2. The summed E-state index contributed by atoms with van der Waals surface area (Å²) in [6, 6.07) is -0.223. The molecule has 0 aromatic carbocycles. The number of carbonyl (C=O) groups excluding carboxylic acids is 1. The van der Waals surface area contributed by atoms with Gasteiger partial charge in [-0.1, -0.05) is 12.2 Å². The SMILES string of the molecule is C=CCN(CC=C)C(=O)C1COCCN1.Cl. The fraction of sp³-hybridized carbons (Fsp3) is 0.545. The van der Waals surface area contributed by atoms with Crippen molar-refractivity contribution < 1.29 is 9.53 Å². The predicted octanol–water partition coefficient (Wildman–Crippen LogP) is 0.597. The van der Waals surface area contributed by atoms with Crippen molar-refractivity contribution in [3.05, 3.63) is 25.3 Å². The molecule has 0 bridgehead atoms. The normalized spacial score (nSPS) is 19.4. The van der Waals surface area contributed by atoms with E-state index in [0.29, 0.717) is 26.3 Å². The lowest BCUT2D eigenvalue weighted by Crippen LogP contribution is -2.52. The van der Waals surface area contributed by atoms with Crippen molar-refractivity contribution in [2.75, 3.05) is 32.8 Å². The topological polar surface area (TPSA) is 41.6 Å². The van der Waals surface area contributed by atoms with Crippen LogP contribution in [0.15, 0.2) is 25.3 Å². The molecule has 1 fully saturated rings. The van der Waals surface area contributed by atoms with Gasteiger partial charge in [0, 0.05) is 19.6 Å². The van der Waals surface area contributed by atoms with Gasteiger partial charge in [0.1, 0.15) is 6.04 Å². The number of morpholine rings is 1. The Labute approximate surface area is 103 Å². The largest absolute Gasteiger partial charge is 0.378 e. The van der Waals surface area contributed by atoms with E-state index in [0.717, 1.165) is 6.54 Å². The standard InChI is InChI=1S/C11H18N2O2.ClH/c1-3-6-13(7-4-2)11(14)10-9-15-8-5-12-10;/h3-4,10,12H,1-2,5-9H2;1H. The van der Waals surface area contributed by atoms with Crippen LogP contribution in [0.5, 0.6) is 0 Å². The second-order valence-electron chi connectivity index (χ2n) is 3.40. The van der Waals surface area contributed by atoms with E-state index in [-0.39, 0.29) is 24.4 Å². The molecule has 1 heterocycles. The number of carbonyl (C=O) groups is 1. The van der Waals surface area contributed by atoms with Crippen LogP contribution in [-0.4, -0.2) is 49.7 Å². The summed E-state index contributed by atoms with van der Waals surface area (Å²) in [5, 5.41) is 3.13. The third kappa shape index (κ3) is 4.35. The van der Waals surface area contributed by atoms with Crippen LogP contribution < -0.4 is 5.32 Å². The number of nitrogens with one attached hydrogen (secondary N) is 1. The molecule has 92 valence electrons. The van der Waals surface area contributed by atoms with Crippen LogP contribution in [0, 0.1) is 0 Å². The molecule has 1 rings (SSSR count). The zero-order valence-corrected chi connectivity index (χ0v) is 10.2. The lowest BCUT2D eigenvalue weighted by Gasteiger charge is -2.28. The first kappa shape index (κ1) is 15.2. The minimum Gasteiger partial charge on any atom is -0.378 e. The summed E-state index contributed by atoms with van der Waals surface area (Å²) >= 11 is 0. The monoisotopic (exact) mass is 246 g/mol. The molecule has 16 heavy (non-hydrogen) atoms. The molecule has 1 unspecified atom stereocenters. The molecule has 4 nitrogen and oxygen atoms in total. The predicted molar refractivity (Wildman–Crippen MR) is 66.8 cm³/mol. The Morgan fingerprint density at radius 2 is 2.06 bits per heavy atom. The molecule has 0 spiro atoms. The highest BCUT2D eigenvalue weighted by molar-refractivity contribution is 5.85. The Kier molecular flexibility index (Phi) is 7.89. The van der Waals surface area contributed by atoms with Gasteiger partial charge in [-0.25, -0.2) is 0 Å². The molecular weight excluding hydrogens is 228 g/mol. The molecule has 0 aliphatic carbocycles. The number of amides is 1. The maximum Gasteiger partial charge on any atom is 0.242 e. The van der Waals surface area contributed by atoms with Crippen molar-refractivity contribution in [1.29, 1.82) is 0 Å². The van der Waals surface area contributed by atoms with Crippen molar-refractivity contribution in [1.82, 2.24) is 10.2 Å². The fourth-order valence-electron chi connectivity index (χ4n) is 1.51. The van der Waals surface area contributed by atoms with Gasteiger partial charge in [-0.05, 0) is 0 Å². The lowest BCUT2D eigenvalue weighted by molar-refractivity contribution is -0.135. The van der Waals surface area contributed by atoms with E-state index in [4.69, 9.17) is 4.74 Å². The van der Waals surface area contributed by atoms with E-state index in [1.54, 1.807) is 17.1 Å². The van der Waals surface area contributed by atoms with Gasteiger partial charge in [0.15, 0.2) is 0 Å². The molecule has 1 aliphatic rings. The number of hydrogen-bond acceptors (Lipinski definition) is 3. The molecule has 0 radical (unpaired) electrons. The van der Waals surface area contributed by atoms with Crippen LogP contribution in [0.4, 0.5) is 0 Å². The summed E-state index contributed by atoms with van der Waals surface area (Å²) in [5.74, 6) is 0.0505. The molecule has 1 atom stereocenters. The van der Waals surface area contributed by atoms with Gasteiger partial charge in [-0.2, -0.15) is 0 Å². The average Bonchev–Trinajstić information content (AvgIpc) is 2.29. The molecular formula is C11H19ClN2O2. The van der Waals surface area contributed by atoms with Crippen molar-refractivity contribution in [3.8, 4) is 0 Å². The highest BCUT2D eigenvalue weighted by atomic mass is 35.5. The van der Waals surface area contributed by atoms with Gasteiger partial charge in [0.25, 0.3) is 0 Å². The maximum absolute atomic E-state index is 12.0. The van der Waals surface area contributed by atoms with Gasteiger partial charge in [-0.15, -0.1) is 25.6 Å². The second-order valence-corrected chi connectivity index (χ2v) is 3.40. The number of hydrogen-bond donors (Lipinski definition) is 1. The van der Waals surface area contributed by atoms with E-state index < -0.39 is 0 Å². The van der Waals surface area contributed by atoms with Crippen molar-refractivity contribution >= 4 is 18.3 Å². The molecule has 5 heteroatoms. The fourth-order valence-corrected chi connectivity index (χ4v) is 1.51. The molecule has 0 aromatic heterocycles. The number of nitrogens with zero attached hydrogens (tertiary/aromatic N) is 1. The first-order valence-corrected chi connectivity index (χ1v) is 5.11. The summed E-state index contributed by atoms with van der Waals surface area (Å²) in [5.41, 5.74) is 0. The Balaban J connectivity index is 0.00000225. The summed E-state index contributed by atoms with van der Waals surface area (Å²) in [7, 11) is 0. The van der Waals surface area contributed by atoms with Crippen LogP contribution in [0.1, 0.15) is 0 Å². The van der Waals surface area contributed by atoms with Crippen LogP contribution in [0.25, 0.3) is 0 Å². The zero-order valence-electron chi connectivity index (χ0n) is 9.35. The van der Waals surface area contributed by atoms with E-state index in [9.17, 15) is 4.79 Å². The summed E-state index contributed by atoms with van der Waals surface area (Å²) in [4.78, 5) is 13.7. The Hall–Kier alpha value is -0.840. The number of rotatable bonds is 5. The van der Waals surface area contributed by atoms with Crippen LogP contribution in [0.3, 0.4) is 0 Å².